The number of amides is 2. The second kappa shape index (κ2) is 7.28. The number of carbonyl (C=O) groups excluding carboxylic acids is 1. The van der Waals surface area contributed by atoms with E-state index in [-0.39, 0.29) is 16.8 Å². The molecule has 1 heterocycles. The Bertz CT molecular complexity index is 892. The summed E-state index contributed by atoms with van der Waals surface area (Å²) in [4.78, 5) is 23.8. The van der Waals surface area contributed by atoms with E-state index in [1.54, 1.807) is 0 Å². The quantitative estimate of drug-likeness (QED) is 0.745. The van der Waals surface area contributed by atoms with Crippen LogP contribution in [-0.2, 0) is 0 Å². The fraction of sp³-hybridized carbons (Fsp3) is 0.176. The molecule has 0 saturated carbocycles. The molecule has 1 unspecified atom stereocenters. The second-order valence-corrected chi connectivity index (χ2v) is 6.67. The predicted molar refractivity (Wildman–Crippen MR) is 90.0 cm³/mol. The van der Waals surface area contributed by atoms with E-state index in [1.807, 2.05) is 0 Å². The monoisotopic (exact) mass is 382 g/mol. The van der Waals surface area contributed by atoms with Crippen LogP contribution in [-0.4, -0.2) is 22.9 Å². The van der Waals surface area contributed by atoms with E-state index in [0.717, 1.165) is 18.2 Å². The number of fused-ring (bicyclic) bond motifs is 1. The van der Waals surface area contributed by atoms with Crippen molar-refractivity contribution in [2.45, 2.75) is 17.4 Å². The maximum atomic E-state index is 14.3. The summed E-state index contributed by atoms with van der Waals surface area (Å²) in [5, 5.41) is 13.6. The van der Waals surface area contributed by atoms with Gasteiger partial charge in [0.05, 0.1) is 11.6 Å². The number of anilines is 1. The van der Waals surface area contributed by atoms with Gasteiger partial charge in [0.2, 0.25) is 0 Å². The summed E-state index contributed by atoms with van der Waals surface area (Å²) < 4.78 is 40.5. The van der Waals surface area contributed by atoms with E-state index < -0.39 is 35.5 Å². The van der Waals surface area contributed by atoms with Crippen molar-refractivity contribution in [3.8, 4) is 0 Å². The minimum absolute atomic E-state index is 0.0491. The molecule has 0 fully saturated rings. The van der Waals surface area contributed by atoms with Gasteiger partial charge in [0.15, 0.2) is 11.6 Å². The van der Waals surface area contributed by atoms with Crippen LogP contribution in [0.25, 0.3) is 0 Å². The van der Waals surface area contributed by atoms with E-state index in [9.17, 15) is 22.8 Å². The minimum atomic E-state index is -1.29. The minimum Gasteiger partial charge on any atom is -0.465 e. The summed E-state index contributed by atoms with van der Waals surface area (Å²) >= 11 is 1.24. The van der Waals surface area contributed by atoms with Crippen LogP contribution in [0, 0.1) is 17.5 Å². The molecule has 0 aromatic heterocycles. The highest BCUT2D eigenvalue weighted by Gasteiger charge is 2.29. The first-order valence-electron chi connectivity index (χ1n) is 7.58. The van der Waals surface area contributed by atoms with E-state index in [4.69, 9.17) is 5.11 Å². The normalized spacial score (nSPS) is 15.9. The molecule has 136 valence electrons. The molecule has 0 spiro atoms. The van der Waals surface area contributed by atoms with Gasteiger partial charge in [0, 0.05) is 28.0 Å². The van der Waals surface area contributed by atoms with Crippen LogP contribution in [0.5, 0.6) is 0 Å². The van der Waals surface area contributed by atoms with Crippen molar-refractivity contribution in [2.24, 2.45) is 0 Å². The SMILES string of the molecule is O=C(O)NC1CCSc2c(C(=O)Nc3ccc(F)c(F)c3)ccc(F)c21. The van der Waals surface area contributed by atoms with Crippen molar-refractivity contribution >= 4 is 29.4 Å². The summed E-state index contributed by atoms with van der Waals surface area (Å²) in [5.74, 6) is -2.90. The fourth-order valence-corrected chi connectivity index (χ4v) is 3.99. The Hall–Kier alpha value is -2.68. The first-order valence-corrected chi connectivity index (χ1v) is 8.56. The second-order valence-electron chi connectivity index (χ2n) is 5.56. The number of nitrogens with one attached hydrogen (secondary N) is 2. The van der Waals surface area contributed by atoms with Crippen LogP contribution in [0.4, 0.5) is 23.7 Å². The standard InChI is InChI=1S/C17H13F3N2O3S/c18-10-3-1-8(7-12(10)20)21-16(23)9-2-4-11(19)14-13(22-17(24)25)5-6-26-15(9)14/h1-4,7,13,22H,5-6H2,(H,21,23)(H,24,25). The lowest BCUT2D eigenvalue weighted by atomic mass is 10.00. The molecular formula is C17H13F3N2O3S. The van der Waals surface area contributed by atoms with Crippen molar-refractivity contribution in [3.05, 3.63) is 58.9 Å². The van der Waals surface area contributed by atoms with Gasteiger partial charge in [-0.25, -0.2) is 18.0 Å². The predicted octanol–water partition coefficient (Wildman–Crippen LogP) is 4.16. The Morgan fingerprint density at radius 2 is 1.81 bits per heavy atom. The third kappa shape index (κ3) is 3.62. The smallest absolute Gasteiger partial charge is 0.405 e. The first-order chi connectivity index (χ1) is 12.4. The number of benzene rings is 2. The van der Waals surface area contributed by atoms with Crippen molar-refractivity contribution in [3.63, 3.8) is 0 Å². The van der Waals surface area contributed by atoms with Gasteiger partial charge in [-0.3, -0.25) is 4.79 Å². The third-order valence-electron chi connectivity index (χ3n) is 3.86. The van der Waals surface area contributed by atoms with E-state index in [1.165, 1.54) is 23.9 Å². The molecule has 1 aliphatic heterocycles. The molecule has 1 atom stereocenters. The van der Waals surface area contributed by atoms with Crippen LogP contribution >= 0.6 is 11.8 Å². The summed E-state index contributed by atoms with van der Waals surface area (Å²) in [5.41, 5.74) is 0.294. The highest BCUT2D eigenvalue weighted by atomic mass is 32.2. The zero-order valence-electron chi connectivity index (χ0n) is 13.2. The van der Waals surface area contributed by atoms with Crippen LogP contribution in [0.15, 0.2) is 35.2 Å². The molecule has 0 radical (unpaired) electrons. The number of carbonyl (C=O) groups is 2. The van der Waals surface area contributed by atoms with Gasteiger partial charge >= 0.3 is 6.09 Å². The van der Waals surface area contributed by atoms with Crippen molar-refractivity contribution in [2.75, 3.05) is 11.1 Å². The topological polar surface area (TPSA) is 78.4 Å². The van der Waals surface area contributed by atoms with Gasteiger partial charge in [-0.2, -0.15) is 0 Å². The van der Waals surface area contributed by atoms with E-state index >= 15 is 0 Å². The highest BCUT2D eigenvalue weighted by Crippen LogP contribution is 2.40. The lowest BCUT2D eigenvalue weighted by molar-refractivity contribution is 0.102. The Kier molecular flexibility index (Phi) is 5.08. The molecule has 5 nitrogen and oxygen atoms in total. The van der Waals surface area contributed by atoms with Crippen molar-refractivity contribution < 1.29 is 27.9 Å². The Morgan fingerprint density at radius 3 is 2.50 bits per heavy atom. The molecule has 3 N–H and O–H groups in total. The number of hydrogen-bond donors (Lipinski definition) is 3. The molecular weight excluding hydrogens is 369 g/mol. The maximum absolute atomic E-state index is 14.3. The lowest BCUT2D eigenvalue weighted by Gasteiger charge is -2.27. The number of thioether (sulfide) groups is 1. The Balaban J connectivity index is 1.94. The van der Waals surface area contributed by atoms with Gasteiger partial charge in [0.1, 0.15) is 5.82 Å². The van der Waals surface area contributed by atoms with Crippen LogP contribution in [0.2, 0.25) is 0 Å². The average molecular weight is 382 g/mol. The Labute approximate surface area is 150 Å². The molecule has 2 aromatic rings. The molecule has 3 rings (SSSR count). The summed E-state index contributed by atoms with van der Waals surface area (Å²) in [6.45, 7) is 0. The van der Waals surface area contributed by atoms with Gasteiger partial charge in [-0.15, -0.1) is 11.8 Å². The third-order valence-corrected chi connectivity index (χ3v) is 5.03. The zero-order valence-corrected chi connectivity index (χ0v) is 14.0. The molecule has 0 bridgehead atoms. The maximum Gasteiger partial charge on any atom is 0.405 e. The van der Waals surface area contributed by atoms with Crippen LogP contribution in [0.1, 0.15) is 28.4 Å². The van der Waals surface area contributed by atoms with E-state index in [0.29, 0.717) is 17.1 Å². The zero-order chi connectivity index (χ0) is 18.8. The summed E-state index contributed by atoms with van der Waals surface area (Å²) in [7, 11) is 0. The average Bonchev–Trinajstić information content (AvgIpc) is 2.58. The van der Waals surface area contributed by atoms with Crippen molar-refractivity contribution in [1.82, 2.24) is 5.32 Å². The van der Waals surface area contributed by atoms with Crippen molar-refractivity contribution in [1.29, 1.82) is 0 Å². The van der Waals surface area contributed by atoms with Crippen LogP contribution < -0.4 is 10.6 Å². The van der Waals surface area contributed by atoms with Gasteiger partial charge < -0.3 is 15.7 Å². The molecule has 0 saturated heterocycles. The summed E-state index contributed by atoms with van der Waals surface area (Å²) in [6.07, 6.45) is -0.904. The molecule has 9 heteroatoms. The Morgan fingerprint density at radius 1 is 1.08 bits per heavy atom. The molecule has 2 amide bonds. The number of rotatable bonds is 3. The molecule has 2 aromatic carbocycles. The number of carboxylic acid groups (broad SMARTS) is 1. The largest absolute Gasteiger partial charge is 0.465 e. The lowest BCUT2D eigenvalue weighted by Crippen LogP contribution is -2.30. The van der Waals surface area contributed by atoms with Crippen LogP contribution in [0.3, 0.4) is 0 Å². The molecule has 0 aliphatic carbocycles. The molecule has 26 heavy (non-hydrogen) atoms. The molecule has 1 aliphatic rings. The first kappa shape index (κ1) is 18.1. The van der Waals surface area contributed by atoms with Gasteiger partial charge in [-0.1, -0.05) is 0 Å². The summed E-state index contributed by atoms with van der Waals surface area (Å²) in [6, 6.07) is 4.52. The van der Waals surface area contributed by atoms with E-state index in [2.05, 4.69) is 10.6 Å². The van der Waals surface area contributed by atoms with Gasteiger partial charge in [-0.05, 0) is 30.7 Å². The highest BCUT2D eigenvalue weighted by molar-refractivity contribution is 7.99. The number of hydrogen-bond acceptors (Lipinski definition) is 3. The number of halogens is 3. The van der Waals surface area contributed by atoms with Gasteiger partial charge in [0.25, 0.3) is 5.91 Å². The fourth-order valence-electron chi connectivity index (χ4n) is 2.72.